The molecular weight excluding hydrogens is 254 g/mol. The van der Waals surface area contributed by atoms with E-state index in [2.05, 4.69) is 53.6 Å². The van der Waals surface area contributed by atoms with Crippen LogP contribution < -0.4 is 5.32 Å². The zero-order chi connectivity index (χ0) is 13.7. The summed E-state index contributed by atoms with van der Waals surface area (Å²) in [7, 11) is 0. The summed E-state index contributed by atoms with van der Waals surface area (Å²) in [6.07, 6.45) is 3.95. The van der Waals surface area contributed by atoms with Crippen molar-refractivity contribution >= 4 is 11.3 Å². The molecule has 2 aromatic heterocycles. The second-order valence-electron chi connectivity index (χ2n) is 4.83. The van der Waals surface area contributed by atoms with E-state index in [9.17, 15) is 0 Å². The van der Waals surface area contributed by atoms with Crippen molar-refractivity contribution in [2.24, 2.45) is 0 Å². The Morgan fingerprint density at radius 2 is 2.16 bits per heavy atom. The lowest BCUT2D eigenvalue weighted by Crippen LogP contribution is -2.24. The molecule has 4 heteroatoms. The average molecular weight is 275 g/mol. The summed E-state index contributed by atoms with van der Waals surface area (Å²) in [5.41, 5.74) is 3.45. The maximum Gasteiger partial charge on any atom is 0.0898 e. The van der Waals surface area contributed by atoms with E-state index in [4.69, 9.17) is 0 Å². The third-order valence-corrected chi connectivity index (χ3v) is 3.81. The summed E-state index contributed by atoms with van der Waals surface area (Å²) in [4.78, 5) is 9.10. The Hall–Kier alpha value is -1.26. The van der Waals surface area contributed by atoms with Crippen molar-refractivity contribution in [3.8, 4) is 0 Å². The molecule has 0 fully saturated rings. The highest BCUT2D eigenvalue weighted by atomic mass is 32.1. The van der Waals surface area contributed by atoms with Crippen LogP contribution in [0.25, 0.3) is 0 Å². The van der Waals surface area contributed by atoms with E-state index in [0.717, 1.165) is 35.8 Å². The van der Waals surface area contributed by atoms with Gasteiger partial charge in [0.1, 0.15) is 0 Å². The van der Waals surface area contributed by atoms with Crippen molar-refractivity contribution < 1.29 is 0 Å². The average Bonchev–Trinajstić information content (AvgIpc) is 2.83. The minimum atomic E-state index is 0.264. The van der Waals surface area contributed by atoms with E-state index < -0.39 is 0 Å². The first kappa shape index (κ1) is 14.2. The third kappa shape index (κ3) is 4.11. The first-order valence-electron chi connectivity index (χ1n) is 6.76. The molecule has 2 rings (SSSR count). The smallest absolute Gasteiger partial charge is 0.0898 e. The number of aryl methyl sites for hydroxylation is 2. The van der Waals surface area contributed by atoms with Crippen LogP contribution in [-0.4, -0.2) is 16.5 Å². The molecule has 0 aliphatic rings. The minimum Gasteiger partial charge on any atom is -0.308 e. The van der Waals surface area contributed by atoms with Crippen molar-refractivity contribution in [2.45, 2.75) is 39.7 Å². The van der Waals surface area contributed by atoms with Gasteiger partial charge in [0.2, 0.25) is 0 Å². The topological polar surface area (TPSA) is 37.8 Å². The number of hydrogen-bond acceptors (Lipinski definition) is 4. The van der Waals surface area contributed by atoms with Crippen LogP contribution in [0.1, 0.15) is 41.3 Å². The molecule has 0 saturated carbocycles. The predicted octanol–water partition coefficient (Wildman–Crippen LogP) is 3.44. The zero-order valence-corrected chi connectivity index (χ0v) is 12.6. The van der Waals surface area contributed by atoms with Crippen LogP contribution in [0.3, 0.4) is 0 Å². The fourth-order valence-electron chi connectivity index (χ4n) is 1.97. The van der Waals surface area contributed by atoms with Gasteiger partial charge in [-0.05, 0) is 38.4 Å². The molecule has 0 aliphatic carbocycles. The summed E-state index contributed by atoms with van der Waals surface area (Å²) in [5, 5.41) is 6.84. The van der Waals surface area contributed by atoms with Crippen LogP contribution in [0.15, 0.2) is 23.7 Å². The highest BCUT2D eigenvalue weighted by Gasteiger charge is 2.15. The maximum absolute atomic E-state index is 4.61. The summed E-state index contributed by atoms with van der Waals surface area (Å²) < 4.78 is 0. The quantitative estimate of drug-likeness (QED) is 0.877. The largest absolute Gasteiger partial charge is 0.308 e. The molecule has 3 nitrogen and oxygen atoms in total. The van der Waals surface area contributed by atoms with Gasteiger partial charge in [0.25, 0.3) is 0 Å². The number of rotatable bonds is 6. The molecule has 0 bridgehead atoms. The zero-order valence-electron chi connectivity index (χ0n) is 11.8. The molecule has 0 radical (unpaired) electrons. The van der Waals surface area contributed by atoms with Gasteiger partial charge in [0, 0.05) is 23.7 Å². The molecule has 102 valence electrons. The molecule has 2 heterocycles. The first-order valence-corrected chi connectivity index (χ1v) is 7.64. The SMILES string of the molecule is CCCNC(Cc1ccc(C)cn1)c1csc(C)n1. The lowest BCUT2D eigenvalue weighted by Gasteiger charge is -2.16. The standard InChI is InChI=1S/C15H21N3S/c1-4-7-16-14(15-10-19-12(3)18-15)8-13-6-5-11(2)9-17-13/h5-6,9-10,14,16H,4,7-8H2,1-3H3. The van der Waals surface area contributed by atoms with Gasteiger partial charge in [-0.1, -0.05) is 13.0 Å². The molecule has 0 saturated heterocycles. The number of thiazole rings is 1. The monoisotopic (exact) mass is 275 g/mol. The van der Waals surface area contributed by atoms with Crippen LogP contribution in [0, 0.1) is 13.8 Å². The van der Waals surface area contributed by atoms with Crippen LogP contribution in [0.5, 0.6) is 0 Å². The van der Waals surface area contributed by atoms with E-state index in [0.29, 0.717) is 0 Å². The minimum absolute atomic E-state index is 0.264. The van der Waals surface area contributed by atoms with Gasteiger partial charge in [-0.15, -0.1) is 11.3 Å². The lowest BCUT2D eigenvalue weighted by molar-refractivity contribution is 0.515. The number of pyridine rings is 1. The molecule has 0 aliphatic heterocycles. The Labute approximate surface area is 119 Å². The number of nitrogens with zero attached hydrogens (tertiary/aromatic N) is 2. The summed E-state index contributed by atoms with van der Waals surface area (Å²) in [6, 6.07) is 4.49. The summed E-state index contributed by atoms with van der Waals surface area (Å²) in [5.74, 6) is 0. The molecule has 1 atom stereocenters. The lowest BCUT2D eigenvalue weighted by atomic mass is 10.1. The Morgan fingerprint density at radius 3 is 2.74 bits per heavy atom. The van der Waals surface area contributed by atoms with Gasteiger partial charge in [-0.2, -0.15) is 0 Å². The van der Waals surface area contributed by atoms with Crippen molar-refractivity contribution in [3.05, 3.63) is 45.7 Å². The fraction of sp³-hybridized carbons (Fsp3) is 0.467. The highest BCUT2D eigenvalue weighted by Crippen LogP contribution is 2.20. The third-order valence-electron chi connectivity index (χ3n) is 3.02. The van der Waals surface area contributed by atoms with Crippen LogP contribution in [-0.2, 0) is 6.42 Å². The second-order valence-corrected chi connectivity index (χ2v) is 5.89. The van der Waals surface area contributed by atoms with E-state index in [-0.39, 0.29) is 6.04 Å². The molecule has 0 spiro atoms. The van der Waals surface area contributed by atoms with E-state index in [1.54, 1.807) is 11.3 Å². The van der Waals surface area contributed by atoms with Gasteiger partial charge in [0.15, 0.2) is 0 Å². The van der Waals surface area contributed by atoms with Crippen molar-refractivity contribution in [2.75, 3.05) is 6.54 Å². The van der Waals surface area contributed by atoms with Gasteiger partial charge >= 0.3 is 0 Å². The first-order chi connectivity index (χ1) is 9.19. The molecule has 2 aromatic rings. The fourth-order valence-corrected chi connectivity index (χ4v) is 2.63. The van der Waals surface area contributed by atoms with Gasteiger partial charge < -0.3 is 5.32 Å². The second kappa shape index (κ2) is 6.78. The van der Waals surface area contributed by atoms with Crippen LogP contribution >= 0.6 is 11.3 Å². The number of hydrogen-bond donors (Lipinski definition) is 1. The highest BCUT2D eigenvalue weighted by molar-refractivity contribution is 7.09. The van der Waals surface area contributed by atoms with Crippen molar-refractivity contribution in [3.63, 3.8) is 0 Å². The summed E-state index contributed by atoms with van der Waals surface area (Å²) in [6.45, 7) is 7.30. The number of aromatic nitrogens is 2. The van der Waals surface area contributed by atoms with Crippen LogP contribution in [0.2, 0.25) is 0 Å². The summed E-state index contributed by atoms with van der Waals surface area (Å²) >= 11 is 1.71. The Kier molecular flexibility index (Phi) is 5.05. The normalized spacial score (nSPS) is 12.6. The maximum atomic E-state index is 4.61. The van der Waals surface area contributed by atoms with E-state index >= 15 is 0 Å². The molecular formula is C15H21N3S. The molecule has 1 N–H and O–H groups in total. The van der Waals surface area contributed by atoms with E-state index in [1.165, 1.54) is 5.56 Å². The molecule has 0 aromatic carbocycles. The predicted molar refractivity (Wildman–Crippen MR) is 80.6 cm³/mol. The molecule has 0 amide bonds. The Bertz CT molecular complexity index is 504. The number of nitrogens with one attached hydrogen (secondary N) is 1. The van der Waals surface area contributed by atoms with E-state index in [1.807, 2.05) is 6.20 Å². The van der Waals surface area contributed by atoms with Crippen molar-refractivity contribution in [1.29, 1.82) is 0 Å². The molecule has 19 heavy (non-hydrogen) atoms. The Morgan fingerprint density at radius 1 is 1.32 bits per heavy atom. The Balaban J connectivity index is 2.11. The van der Waals surface area contributed by atoms with Gasteiger partial charge in [-0.3, -0.25) is 4.98 Å². The van der Waals surface area contributed by atoms with Crippen LogP contribution in [0.4, 0.5) is 0 Å². The van der Waals surface area contributed by atoms with Gasteiger partial charge in [0.05, 0.1) is 16.7 Å². The van der Waals surface area contributed by atoms with Crippen molar-refractivity contribution in [1.82, 2.24) is 15.3 Å². The van der Waals surface area contributed by atoms with Gasteiger partial charge in [-0.25, -0.2) is 4.98 Å². The molecule has 1 unspecified atom stereocenters.